The lowest BCUT2D eigenvalue weighted by atomic mass is 9.95. The zero-order valence-corrected chi connectivity index (χ0v) is 14.2. The summed E-state index contributed by atoms with van der Waals surface area (Å²) in [5, 5.41) is 11.4. The van der Waals surface area contributed by atoms with E-state index in [0.717, 1.165) is 43.6 Å². The zero-order chi connectivity index (χ0) is 17.1. The van der Waals surface area contributed by atoms with E-state index in [1.54, 1.807) is 6.20 Å². The normalized spacial score (nSPS) is 17.8. The fourth-order valence-corrected chi connectivity index (χ4v) is 3.69. The molecule has 1 aliphatic heterocycles. The lowest BCUT2D eigenvalue weighted by molar-refractivity contribution is 0.179. The molecule has 0 bridgehead atoms. The lowest BCUT2D eigenvalue weighted by Gasteiger charge is -2.32. The smallest absolute Gasteiger partial charge is 0.317 e. The second-order valence-corrected chi connectivity index (χ2v) is 6.64. The van der Waals surface area contributed by atoms with E-state index >= 15 is 0 Å². The molecule has 0 saturated carbocycles. The molecule has 1 aliphatic rings. The topological polar surface area (TPSA) is 76.8 Å². The Labute approximate surface area is 146 Å². The van der Waals surface area contributed by atoms with Crippen LogP contribution in [0.25, 0.3) is 10.9 Å². The monoisotopic (exact) mass is 337 g/mol. The van der Waals surface area contributed by atoms with Crippen LogP contribution < -0.4 is 5.32 Å². The van der Waals surface area contributed by atoms with E-state index in [-0.39, 0.29) is 6.03 Å². The highest BCUT2D eigenvalue weighted by Gasteiger charge is 2.25. The molecule has 2 aromatic heterocycles. The molecule has 0 radical (unpaired) electrons. The quantitative estimate of drug-likeness (QED) is 0.684. The number of rotatable bonds is 4. The number of amides is 2. The largest absolute Gasteiger partial charge is 0.361 e. The molecular weight excluding hydrogens is 314 g/mol. The van der Waals surface area contributed by atoms with Crippen molar-refractivity contribution in [1.82, 2.24) is 25.4 Å². The Morgan fingerprint density at radius 1 is 1.32 bits per heavy atom. The van der Waals surface area contributed by atoms with Crippen molar-refractivity contribution >= 4 is 16.9 Å². The molecule has 1 unspecified atom stereocenters. The Bertz CT molecular complexity index is 839. The van der Waals surface area contributed by atoms with Gasteiger partial charge in [-0.15, -0.1) is 0 Å². The number of H-pyrrole nitrogens is 2. The molecule has 6 nitrogen and oxygen atoms in total. The van der Waals surface area contributed by atoms with Crippen molar-refractivity contribution in [1.29, 1.82) is 0 Å². The van der Waals surface area contributed by atoms with Crippen molar-refractivity contribution in [2.75, 3.05) is 19.6 Å². The van der Waals surface area contributed by atoms with Crippen LogP contribution in [-0.2, 0) is 6.42 Å². The third kappa shape index (κ3) is 3.38. The van der Waals surface area contributed by atoms with E-state index in [4.69, 9.17) is 0 Å². The molecule has 1 fully saturated rings. The van der Waals surface area contributed by atoms with Gasteiger partial charge in [0.25, 0.3) is 0 Å². The molecule has 130 valence electrons. The molecule has 6 heteroatoms. The molecule has 4 rings (SSSR count). The maximum absolute atomic E-state index is 12.5. The fourth-order valence-electron chi connectivity index (χ4n) is 3.69. The van der Waals surface area contributed by atoms with E-state index < -0.39 is 0 Å². The highest BCUT2D eigenvalue weighted by atomic mass is 16.2. The molecule has 0 aliphatic carbocycles. The minimum absolute atomic E-state index is 0.0328. The Morgan fingerprint density at radius 2 is 2.28 bits per heavy atom. The molecule has 3 heterocycles. The van der Waals surface area contributed by atoms with E-state index in [0.29, 0.717) is 12.5 Å². The van der Waals surface area contributed by atoms with Gasteiger partial charge in [0.05, 0.1) is 0 Å². The van der Waals surface area contributed by atoms with Crippen LogP contribution in [0.15, 0.2) is 42.7 Å². The minimum Gasteiger partial charge on any atom is -0.361 e. The number of aromatic nitrogens is 3. The van der Waals surface area contributed by atoms with E-state index in [9.17, 15) is 4.79 Å². The fraction of sp³-hybridized carbons (Fsp3) is 0.368. The highest BCUT2D eigenvalue weighted by Crippen LogP contribution is 2.25. The maximum Gasteiger partial charge on any atom is 0.317 e. The van der Waals surface area contributed by atoms with Gasteiger partial charge in [-0.1, -0.05) is 12.1 Å². The van der Waals surface area contributed by atoms with Crippen LogP contribution in [0.1, 0.15) is 30.0 Å². The second kappa shape index (κ2) is 7.01. The van der Waals surface area contributed by atoms with Crippen LogP contribution in [0.5, 0.6) is 0 Å². The van der Waals surface area contributed by atoms with Crippen molar-refractivity contribution in [2.45, 2.75) is 25.2 Å². The first-order valence-electron chi connectivity index (χ1n) is 8.88. The number of carbonyl (C=O) groups is 1. The number of hydrogen-bond acceptors (Lipinski definition) is 2. The van der Waals surface area contributed by atoms with Gasteiger partial charge in [0.15, 0.2) is 0 Å². The Hall–Kier alpha value is -2.76. The third-order valence-corrected chi connectivity index (χ3v) is 5.03. The molecular formula is C19H23N5O. The summed E-state index contributed by atoms with van der Waals surface area (Å²) < 4.78 is 0. The Kier molecular flexibility index (Phi) is 4.41. The predicted molar refractivity (Wildman–Crippen MR) is 97.5 cm³/mol. The van der Waals surface area contributed by atoms with Crippen molar-refractivity contribution in [3.05, 3.63) is 54.0 Å². The number of fused-ring (bicyclic) bond motifs is 1. The molecule has 1 saturated heterocycles. The summed E-state index contributed by atoms with van der Waals surface area (Å²) in [5.74, 6) is 0.357. The van der Waals surface area contributed by atoms with Gasteiger partial charge < -0.3 is 15.2 Å². The van der Waals surface area contributed by atoms with Gasteiger partial charge in [-0.05, 0) is 43.0 Å². The first kappa shape index (κ1) is 15.7. The maximum atomic E-state index is 12.5. The van der Waals surface area contributed by atoms with Gasteiger partial charge >= 0.3 is 6.03 Å². The molecule has 2 amide bonds. The van der Waals surface area contributed by atoms with E-state index in [1.165, 1.54) is 10.9 Å². The number of carbonyl (C=O) groups excluding carboxylic acids is 1. The summed E-state index contributed by atoms with van der Waals surface area (Å²) in [5.41, 5.74) is 3.52. The Morgan fingerprint density at radius 3 is 3.16 bits per heavy atom. The third-order valence-electron chi connectivity index (χ3n) is 5.03. The van der Waals surface area contributed by atoms with Crippen LogP contribution in [-0.4, -0.2) is 45.7 Å². The van der Waals surface area contributed by atoms with Crippen molar-refractivity contribution < 1.29 is 4.79 Å². The van der Waals surface area contributed by atoms with E-state index in [2.05, 4.69) is 44.8 Å². The first-order valence-corrected chi connectivity index (χ1v) is 8.88. The van der Waals surface area contributed by atoms with Crippen LogP contribution in [0, 0.1) is 0 Å². The number of aromatic amines is 2. The number of nitrogens with zero attached hydrogens (tertiary/aromatic N) is 2. The predicted octanol–water partition coefficient (Wildman–Crippen LogP) is 3.02. The highest BCUT2D eigenvalue weighted by molar-refractivity contribution is 5.83. The zero-order valence-electron chi connectivity index (χ0n) is 14.2. The molecule has 3 aromatic rings. The molecule has 1 atom stereocenters. The van der Waals surface area contributed by atoms with Crippen molar-refractivity contribution in [3.8, 4) is 0 Å². The van der Waals surface area contributed by atoms with Crippen LogP contribution in [0.2, 0.25) is 0 Å². The SMILES string of the molecule is O=C(NCCc1cccc2[nH]ccc12)N1CCCC(c2ccn[nH]2)C1. The van der Waals surface area contributed by atoms with Crippen LogP contribution >= 0.6 is 0 Å². The average molecular weight is 337 g/mol. The summed E-state index contributed by atoms with van der Waals surface area (Å²) in [4.78, 5) is 17.6. The van der Waals surface area contributed by atoms with Gasteiger partial charge in [-0.25, -0.2) is 4.79 Å². The number of hydrogen-bond donors (Lipinski definition) is 3. The Balaban J connectivity index is 1.32. The van der Waals surface area contributed by atoms with Gasteiger partial charge in [-0.3, -0.25) is 5.10 Å². The second-order valence-electron chi connectivity index (χ2n) is 6.64. The van der Waals surface area contributed by atoms with Crippen molar-refractivity contribution in [3.63, 3.8) is 0 Å². The van der Waals surface area contributed by atoms with E-state index in [1.807, 2.05) is 17.2 Å². The lowest BCUT2D eigenvalue weighted by Crippen LogP contribution is -2.45. The number of piperidine rings is 1. The van der Waals surface area contributed by atoms with Crippen LogP contribution in [0.3, 0.4) is 0 Å². The molecule has 25 heavy (non-hydrogen) atoms. The number of urea groups is 1. The number of nitrogens with one attached hydrogen (secondary N) is 3. The number of benzene rings is 1. The van der Waals surface area contributed by atoms with Gasteiger partial charge in [0.1, 0.15) is 0 Å². The van der Waals surface area contributed by atoms with Gasteiger partial charge in [0.2, 0.25) is 0 Å². The summed E-state index contributed by atoms with van der Waals surface area (Å²) in [7, 11) is 0. The average Bonchev–Trinajstić information content (AvgIpc) is 3.34. The van der Waals surface area contributed by atoms with Gasteiger partial charge in [0, 0.05) is 54.5 Å². The standard InChI is InChI=1S/C19H23N5O/c25-19(24-12-2-4-15(13-24)17-8-11-22-23-17)21-9-6-14-3-1-5-18-16(14)7-10-20-18/h1,3,5,7-8,10-11,15,20H,2,4,6,9,12-13H2,(H,21,25)(H,22,23). The molecule has 0 spiro atoms. The summed E-state index contributed by atoms with van der Waals surface area (Å²) in [6.07, 6.45) is 6.69. The van der Waals surface area contributed by atoms with Crippen LogP contribution in [0.4, 0.5) is 4.79 Å². The number of likely N-dealkylation sites (tertiary alicyclic amines) is 1. The molecule has 1 aromatic carbocycles. The first-order chi connectivity index (χ1) is 12.3. The molecule has 3 N–H and O–H groups in total. The van der Waals surface area contributed by atoms with Crippen molar-refractivity contribution in [2.24, 2.45) is 0 Å². The minimum atomic E-state index is 0.0328. The summed E-state index contributed by atoms with van der Waals surface area (Å²) in [6.45, 7) is 2.22. The summed E-state index contributed by atoms with van der Waals surface area (Å²) >= 11 is 0. The summed E-state index contributed by atoms with van der Waals surface area (Å²) in [6, 6.07) is 10.4. The van der Waals surface area contributed by atoms with Gasteiger partial charge in [-0.2, -0.15) is 5.10 Å².